The smallest absolute Gasteiger partial charge is 0.220 e. The molecule has 0 aliphatic rings. The lowest BCUT2D eigenvalue weighted by atomic mass is 10.0. The van der Waals surface area contributed by atoms with Crippen molar-refractivity contribution >= 4 is 32.7 Å². The molecule has 0 unspecified atom stereocenters. The lowest BCUT2D eigenvalue weighted by Gasteiger charge is -2.12. The predicted octanol–water partition coefficient (Wildman–Crippen LogP) is 11.2. The fraction of sp³-hybridized carbons (Fsp3) is 0. The lowest BCUT2D eigenvalue weighted by molar-refractivity contribution is 0.460. The van der Waals surface area contributed by atoms with Crippen LogP contribution in [0, 0.1) is 0 Å². The molecular weight excluding hydrogens is 603 g/mol. The Morgan fingerprint density at radius 1 is 0.490 bits per heavy atom. The van der Waals surface area contributed by atoms with Gasteiger partial charge in [0.25, 0.3) is 0 Å². The van der Waals surface area contributed by atoms with Crippen molar-refractivity contribution in [3.63, 3.8) is 0 Å². The van der Waals surface area contributed by atoms with E-state index in [4.69, 9.17) is 14.7 Å². The maximum absolute atomic E-state index is 10.8. The third-order valence-electron chi connectivity index (χ3n) is 9.03. The van der Waals surface area contributed by atoms with E-state index in [9.17, 15) is 5.11 Å². The minimum atomic E-state index is 0.106. The molecule has 0 radical (unpaired) electrons. The molecule has 0 aliphatic heterocycles. The Morgan fingerprint density at radius 2 is 1.18 bits per heavy atom. The number of hydrogen-bond acceptors (Lipinski definition) is 4. The summed E-state index contributed by atoms with van der Waals surface area (Å²) in [6, 6.07) is 55.1. The summed E-state index contributed by atoms with van der Waals surface area (Å²) in [6.07, 6.45) is 1.93. The number of ether oxygens (including phenoxy) is 1. The van der Waals surface area contributed by atoms with E-state index in [-0.39, 0.29) is 5.75 Å². The van der Waals surface area contributed by atoms with Crippen molar-refractivity contribution in [2.45, 2.75) is 0 Å². The second-order valence-corrected chi connectivity index (χ2v) is 12.0. The van der Waals surface area contributed by atoms with Crippen molar-refractivity contribution in [1.82, 2.24) is 14.5 Å². The van der Waals surface area contributed by atoms with Crippen LogP contribution in [0.25, 0.3) is 71.9 Å². The van der Waals surface area contributed by atoms with Gasteiger partial charge in [0.2, 0.25) is 5.88 Å². The standard InChI is InChI=1S/C44H29N3O2/c48-41-18-10-17-36-37(31-15-8-3-9-16-31)27-43(46-44(36)41)49-34-21-22-35-38-25-32(29-11-4-1-5-12-29)19-23-39(38)47(40(35)26-34)42-24-20-33(28-45-42)30-13-6-2-7-14-30/h1-28,48H. The van der Waals surface area contributed by atoms with Gasteiger partial charge >= 0.3 is 0 Å². The Balaban J connectivity index is 1.20. The minimum Gasteiger partial charge on any atom is -0.506 e. The van der Waals surface area contributed by atoms with E-state index in [1.807, 2.05) is 91.1 Å². The molecule has 5 nitrogen and oxygen atoms in total. The molecule has 0 aliphatic carbocycles. The van der Waals surface area contributed by atoms with E-state index in [2.05, 4.69) is 77.4 Å². The van der Waals surface area contributed by atoms with Crippen LogP contribution in [-0.2, 0) is 0 Å². The SMILES string of the molecule is Oc1cccc2c(-c3ccccc3)cc(Oc3ccc4c5cc(-c6ccccc6)ccc5n(-c5ccc(-c6ccccc6)cn5)c4c3)nc12. The normalized spacial score (nSPS) is 11.3. The fourth-order valence-electron chi connectivity index (χ4n) is 6.68. The molecule has 232 valence electrons. The number of hydrogen-bond donors (Lipinski definition) is 1. The van der Waals surface area contributed by atoms with Gasteiger partial charge in [-0.1, -0.05) is 109 Å². The van der Waals surface area contributed by atoms with Gasteiger partial charge in [-0.05, 0) is 70.3 Å². The van der Waals surface area contributed by atoms with Crippen LogP contribution in [0.5, 0.6) is 17.4 Å². The van der Waals surface area contributed by atoms with Crippen LogP contribution in [0.1, 0.15) is 0 Å². The van der Waals surface area contributed by atoms with Gasteiger partial charge in [-0.3, -0.25) is 4.57 Å². The van der Waals surface area contributed by atoms with E-state index in [1.54, 1.807) is 6.07 Å². The molecule has 9 rings (SSSR count). The molecule has 3 heterocycles. The van der Waals surface area contributed by atoms with Crippen LogP contribution >= 0.6 is 0 Å². The highest BCUT2D eigenvalue weighted by molar-refractivity contribution is 6.10. The van der Waals surface area contributed by atoms with Gasteiger partial charge in [0.05, 0.1) is 11.0 Å². The first-order chi connectivity index (χ1) is 24.2. The van der Waals surface area contributed by atoms with Gasteiger partial charge in [0.15, 0.2) is 0 Å². The van der Waals surface area contributed by atoms with Crippen LogP contribution in [0.2, 0.25) is 0 Å². The third kappa shape index (κ3) is 5.14. The van der Waals surface area contributed by atoms with Gasteiger partial charge in [-0.15, -0.1) is 0 Å². The molecule has 5 heteroatoms. The van der Waals surface area contributed by atoms with E-state index in [1.165, 1.54) is 0 Å². The molecule has 0 spiro atoms. The fourth-order valence-corrected chi connectivity index (χ4v) is 6.68. The summed E-state index contributed by atoms with van der Waals surface area (Å²) in [6.45, 7) is 0. The highest BCUT2D eigenvalue weighted by atomic mass is 16.5. The van der Waals surface area contributed by atoms with Gasteiger partial charge in [0, 0.05) is 40.1 Å². The van der Waals surface area contributed by atoms with Crippen LogP contribution < -0.4 is 4.74 Å². The zero-order chi connectivity index (χ0) is 32.7. The molecule has 6 aromatic carbocycles. The Labute approximate surface area is 283 Å². The zero-order valence-corrected chi connectivity index (χ0v) is 26.4. The molecule has 0 atom stereocenters. The van der Waals surface area contributed by atoms with E-state index in [0.717, 1.165) is 66.4 Å². The summed E-state index contributed by atoms with van der Waals surface area (Å²) in [5, 5.41) is 13.8. The minimum absolute atomic E-state index is 0.106. The number of benzene rings is 6. The molecule has 0 fully saturated rings. The summed E-state index contributed by atoms with van der Waals surface area (Å²) in [5.41, 5.74) is 8.93. The zero-order valence-electron chi connectivity index (χ0n) is 26.4. The van der Waals surface area contributed by atoms with Crippen LogP contribution in [0.3, 0.4) is 0 Å². The monoisotopic (exact) mass is 631 g/mol. The average Bonchev–Trinajstić information content (AvgIpc) is 3.49. The first kappa shape index (κ1) is 28.5. The summed E-state index contributed by atoms with van der Waals surface area (Å²) in [5.74, 6) is 1.94. The predicted molar refractivity (Wildman–Crippen MR) is 198 cm³/mol. The molecule has 49 heavy (non-hydrogen) atoms. The second kappa shape index (κ2) is 11.8. The second-order valence-electron chi connectivity index (χ2n) is 12.0. The number of fused-ring (bicyclic) bond motifs is 4. The number of aromatic nitrogens is 3. The molecule has 9 aromatic rings. The van der Waals surface area contributed by atoms with Gasteiger partial charge in [-0.25, -0.2) is 9.97 Å². The maximum Gasteiger partial charge on any atom is 0.220 e. The Hall–Kier alpha value is -6.72. The molecule has 0 saturated carbocycles. The number of para-hydroxylation sites is 1. The van der Waals surface area contributed by atoms with E-state index >= 15 is 0 Å². The summed E-state index contributed by atoms with van der Waals surface area (Å²) >= 11 is 0. The number of pyridine rings is 2. The molecule has 0 bridgehead atoms. The third-order valence-corrected chi connectivity index (χ3v) is 9.03. The average molecular weight is 632 g/mol. The van der Waals surface area contributed by atoms with Crippen molar-refractivity contribution < 1.29 is 9.84 Å². The maximum atomic E-state index is 10.8. The first-order valence-electron chi connectivity index (χ1n) is 16.2. The van der Waals surface area contributed by atoms with Gasteiger partial charge in [-0.2, -0.15) is 0 Å². The Kier molecular flexibility index (Phi) is 6.87. The molecule has 3 aromatic heterocycles. The molecular formula is C44H29N3O2. The molecule has 0 amide bonds. The summed E-state index contributed by atoms with van der Waals surface area (Å²) in [7, 11) is 0. The van der Waals surface area contributed by atoms with Crippen LogP contribution in [0.15, 0.2) is 170 Å². The van der Waals surface area contributed by atoms with Crippen molar-refractivity contribution in [1.29, 1.82) is 0 Å². The number of nitrogens with zero attached hydrogens (tertiary/aromatic N) is 3. The number of phenolic OH excluding ortho intramolecular Hbond substituents is 1. The number of rotatable bonds is 6. The van der Waals surface area contributed by atoms with Crippen molar-refractivity contribution in [2.75, 3.05) is 0 Å². The van der Waals surface area contributed by atoms with E-state index in [0.29, 0.717) is 17.1 Å². The lowest BCUT2D eigenvalue weighted by Crippen LogP contribution is -1.98. The first-order valence-corrected chi connectivity index (χ1v) is 16.2. The van der Waals surface area contributed by atoms with Crippen LogP contribution in [0.4, 0.5) is 0 Å². The Morgan fingerprint density at radius 3 is 1.90 bits per heavy atom. The largest absolute Gasteiger partial charge is 0.506 e. The molecule has 1 N–H and O–H groups in total. The topological polar surface area (TPSA) is 60.2 Å². The summed E-state index contributed by atoms with van der Waals surface area (Å²) < 4.78 is 8.70. The highest BCUT2D eigenvalue weighted by Gasteiger charge is 2.17. The van der Waals surface area contributed by atoms with Gasteiger partial charge in [0.1, 0.15) is 22.8 Å². The number of aromatic hydroxyl groups is 1. The quantitative estimate of drug-likeness (QED) is 0.198. The number of phenols is 1. The summed E-state index contributed by atoms with van der Waals surface area (Å²) in [4.78, 5) is 9.72. The highest BCUT2D eigenvalue weighted by Crippen LogP contribution is 2.39. The van der Waals surface area contributed by atoms with Gasteiger partial charge < -0.3 is 9.84 Å². The van der Waals surface area contributed by atoms with Crippen LogP contribution in [-0.4, -0.2) is 19.6 Å². The molecule has 0 saturated heterocycles. The van der Waals surface area contributed by atoms with Crippen molar-refractivity contribution in [2.24, 2.45) is 0 Å². The van der Waals surface area contributed by atoms with Crippen molar-refractivity contribution in [3.05, 3.63) is 170 Å². The Bertz CT molecular complexity index is 2620. The van der Waals surface area contributed by atoms with Crippen molar-refractivity contribution in [3.8, 4) is 56.6 Å². The van der Waals surface area contributed by atoms with E-state index < -0.39 is 0 Å².